The Morgan fingerprint density at radius 3 is 2.18 bits per heavy atom. The Labute approximate surface area is 164 Å². The molecule has 1 aliphatic rings. The lowest BCUT2D eigenvalue weighted by atomic mass is 9.81. The molecule has 0 spiro atoms. The third-order valence-electron chi connectivity index (χ3n) is 6.41. The SMILES string of the molecule is CC1(C)c2cc(-c3ccccc3)ccc2-c2cc3c(cc21)[nH]c1ccccc13. The normalized spacial score (nSPS) is 14.4. The van der Waals surface area contributed by atoms with Crippen LogP contribution in [0.25, 0.3) is 44.1 Å². The van der Waals surface area contributed by atoms with Gasteiger partial charge in [-0.1, -0.05) is 74.5 Å². The summed E-state index contributed by atoms with van der Waals surface area (Å²) >= 11 is 0. The molecule has 1 heteroatoms. The van der Waals surface area contributed by atoms with Crippen LogP contribution in [0.1, 0.15) is 25.0 Å². The molecule has 0 atom stereocenters. The van der Waals surface area contributed by atoms with Crippen LogP contribution in [0, 0.1) is 0 Å². The second kappa shape index (κ2) is 5.36. The van der Waals surface area contributed by atoms with Gasteiger partial charge >= 0.3 is 0 Å². The van der Waals surface area contributed by atoms with Gasteiger partial charge in [-0.25, -0.2) is 0 Å². The summed E-state index contributed by atoms with van der Waals surface area (Å²) in [4.78, 5) is 3.61. The van der Waals surface area contributed by atoms with E-state index in [0.29, 0.717) is 0 Å². The summed E-state index contributed by atoms with van der Waals surface area (Å²) < 4.78 is 0. The number of hydrogen-bond donors (Lipinski definition) is 1. The Bertz CT molecular complexity index is 1370. The smallest absolute Gasteiger partial charge is 0.0468 e. The number of aromatic amines is 1. The van der Waals surface area contributed by atoms with E-state index in [-0.39, 0.29) is 5.41 Å². The second-order valence-corrected chi connectivity index (χ2v) is 8.37. The van der Waals surface area contributed by atoms with Crippen LogP contribution in [-0.4, -0.2) is 4.98 Å². The maximum atomic E-state index is 3.61. The molecule has 1 heterocycles. The Morgan fingerprint density at radius 1 is 0.571 bits per heavy atom. The van der Waals surface area contributed by atoms with Gasteiger partial charge in [0.25, 0.3) is 0 Å². The van der Waals surface area contributed by atoms with Crippen molar-refractivity contribution in [3.05, 3.63) is 96.1 Å². The average Bonchev–Trinajstić information content (AvgIpc) is 3.20. The molecule has 1 aromatic heterocycles. The van der Waals surface area contributed by atoms with E-state index in [1.807, 2.05) is 0 Å². The van der Waals surface area contributed by atoms with E-state index in [9.17, 15) is 0 Å². The molecule has 6 rings (SSSR count). The summed E-state index contributed by atoms with van der Waals surface area (Å²) in [5.74, 6) is 0. The molecule has 1 aliphatic carbocycles. The van der Waals surface area contributed by atoms with Crippen LogP contribution >= 0.6 is 0 Å². The number of nitrogens with one attached hydrogen (secondary N) is 1. The van der Waals surface area contributed by atoms with Gasteiger partial charge in [-0.15, -0.1) is 0 Å². The van der Waals surface area contributed by atoms with Crippen molar-refractivity contribution in [2.24, 2.45) is 0 Å². The van der Waals surface area contributed by atoms with E-state index in [1.165, 1.54) is 55.2 Å². The Hall–Kier alpha value is -3.32. The van der Waals surface area contributed by atoms with Crippen LogP contribution in [0.4, 0.5) is 0 Å². The van der Waals surface area contributed by atoms with Crippen LogP contribution in [0.2, 0.25) is 0 Å². The summed E-state index contributed by atoms with van der Waals surface area (Å²) in [5, 5.41) is 2.61. The van der Waals surface area contributed by atoms with Crippen molar-refractivity contribution >= 4 is 21.8 Å². The highest BCUT2D eigenvalue weighted by Gasteiger charge is 2.36. The molecule has 0 saturated heterocycles. The summed E-state index contributed by atoms with van der Waals surface area (Å²) in [5.41, 5.74) is 10.5. The number of rotatable bonds is 1. The highest BCUT2D eigenvalue weighted by atomic mass is 14.7. The minimum atomic E-state index is -0.0130. The molecule has 1 N–H and O–H groups in total. The van der Waals surface area contributed by atoms with E-state index >= 15 is 0 Å². The van der Waals surface area contributed by atoms with Crippen LogP contribution in [0.3, 0.4) is 0 Å². The highest BCUT2D eigenvalue weighted by Crippen LogP contribution is 2.51. The molecule has 5 aromatic rings. The number of aromatic nitrogens is 1. The van der Waals surface area contributed by atoms with E-state index in [4.69, 9.17) is 0 Å². The Balaban J connectivity index is 1.62. The fourth-order valence-corrected chi connectivity index (χ4v) is 4.89. The third kappa shape index (κ3) is 2.02. The Morgan fingerprint density at radius 2 is 1.32 bits per heavy atom. The van der Waals surface area contributed by atoms with E-state index in [2.05, 4.69) is 104 Å². The molecule has 134 valence electrons. The highest BCUT2D eigenvalue weighted by molar-refractivity contribution is 6.09. The maximum Gasteiger partial charge on any atom is 0.0468 e. The fourth-order valence-electron chi connectivity index (χ4n) is 4.89. The molecule has 0 bridgehead atoms. The van der Waals surface area contributed by atoms with Gasteiger partial charge in [0, 0.05) is 27.2 Å². The fraction of sp³-hybridized carbons (Fsp3) is 0.111. The van der Waals surface area contributed by atoms with Gasteiger partial charge in [0.1, 0.15) is 0 Å². The predicted octanol–water partition coefficient (Wildman–Crippen LogP) is 7.29. The number of benzene rings is 4. The number of fused-ring (bicyclic) bond motifs is 6. The van der Waals surface area contributed by atoms with E-state index < -0.39 is 0 Å². The van der Waals surface area contributed by atoms with Crippen molar-refractivity contribution in [1.29, 1.82) is 0 Å². The van der Waals surface area contributed by atoms with Crippen molar-refractivity contribution in [3.8, 4) is 22.3 Å². The van der Waals surface area contributed by atoms with Crippen LogP contribution in [0.15, 0.2) is 84.9 Å². The van der Waals surface area contributed by atoms with Crippen LogP contribution in [-0.2, 0) is 5.41 Å². The molecule has 0 unspecified atom stereocenters. The zero-order chi connectivity index (χ0) is 18.9. The largest absolute Gasteiger partial charge is 0.355 e. The summed E-state index contributed by atoms with van der Waals surface area (Å²) in [6.07, 6.45) is 0. The van der Waals surface area contributed by atoms with Crippen LogP contribution in [0.5, 0.6) is 0 Å². The van der Waals surface area contributed by atoms with Crippen molar-refractivity contribution < 1.29 is 0 Å². The first-order valence-electron chi connectivity index (χ1n) is 9.88. The molecule has 28 heavy (non-hydrogen) atoms. The molecule has 0 fully saturated rings. The molecule has 0 radical (unpaired) electrons. The third-order valence-corrected chi connectivity index (χ3v) is 6.41. The van der Waals surface area contributed by atoms with Gasteiger partial charge in [0.2, 0.25) is 0 Å². The topological polar surface area (TPSA) is 15.8 Å². The molecule has 0 saturated carbocycles. The minimum absolute atomic E-state index is 0.0130. The van der Waals surface area contributed by atoms with Crippen molar-refractivity contribution in [3.63, 3.8) is 0 Å². The van der Waals surface area contributed by atoms with E-state index in [0.717, 1.165) is 0 Å². The van der Waals surface area contributed by atoms with Crippen molar-refractivity contribution in [1.82, 2.24) is 4.98 Å². The molecule has 0 amide bonds. The van der Waals surface area contributed by atoms with E-state index in [1.54, 1.807) is 0 Å². The molecule has 1 nitrogen and oxygen atoms in total. The van der Waals surface area contributed by atoms with Crippen molar-refractivity contribution in [2.45, 2.75) is 19.3 Å². The standard InChI is InChI=1S/C27H21N/c1-27(2)23-14-18(17-8-4-3-5-9-17)12-13-19(23)21-15-22-20-10-6-7-11-25(20)28-26(22)16-24(21)27/h3-16,28H,1-2H3. The number of H-pyrrole nitrogens is 1. The molecular weight excluding hydrogens is 338 g/mol. The maximum absolute atomic E-state index is 3.61. The lowest BCUT2D eigenvalue weighted by molar-refractivity contribution is 0.661. The van der Waals surface area contributed by atoms with Gasteiger partial charge < -0.3 is 4.98 Å². The minimum Gasteiger partial charge on any atom is -0.355 e. The first kappa shape index (κ1) is 15.7. The molecule has 4 aromatic carbocycles. The lowest BCUT2D eigenvalue weighted by Gasteiger charge is -2.22. The summed E-state index contributed by atoms with van der Waals surface area (Å²) in [6.45, 7) is 4.70. The summed E-state index contributed by atoms with van der Waals surface area (Å²) in [7, 11) is 0. The summed E-state index contributed by atoms with van der Waals surface area (Å²) in [6, 6.07) is 31.0. The average molecular weight is 359 g/mol. The van der Waals surface area contributed by atoms with Crippen molar-refractivity contribution in [2.75, 3.05) is 0 Å². The zero-order valence-electron chi connectivity index (χ0n) is 16.1. The first-order chi connectivity index (χ1) is 13.6. The zero-order valence-corrected chi connectivity index (χ0v) is 16.1. The monoisotopic (exact) mass is 359 g/mol. The van der Waals surface area contributed by atoms with Gasteiger partial charge in [-0.3, -0.25) is 0 Å². The first-order valence-corrected chi connectivity index (χ1v) is 9.88. The second-order valence-electron chi connectivity index (χ2n) is 8.37. The quantitative estimate of drug-likeness (QED) is 0.323. The molecule has 0 aliphatic heterocycles. The number of para-hydroxylation sites is 1. The van der Waals surface area contributed by atoms with Gasteiger partial charge in [0.15, 0.2) is 0 Å². The number of hydrogen-bond acceptors (Lipinski definition) is 0. The van der Waals surface area contributed by atoms with Gasteiger partial charge in [-0.05, 0) is 57.6 Å². The van der Waals surface area contributed by atoms with Gasteiger partial charge in [0.05, 0.1) is 0 Å². The predicted molar refractivity (Wildman–Crippen MR) is 119 cm³/mol. The lowest BCUT2D eigenvalue weighted by Crippen LogP contribution is -2.15. The van der Waals surface area contributed by atoms with Crippen LogP contribution < -0.4 is 0 Å². The molecular formula is C27H21N. The Kier molecular flexibility index (Phi) is 3.01. The van der Waals surface area contributed by atoms with Gasteiger partial charge in [-0.2, -0.15) is 0 Å².